The van der Waals surface area contributed by atoms with E-state index in [0.717, 1.165) is 26.2 Å². The lowest BCUT2D eigenvalue weighted by atomic mass is 9.84. The van der Waals surface area contributed by atoms with Gasteiger partial charge in [-0.25, -0.2) is 0 Å². The van der Waals surface area contributed by atoms with Crippen LogP contribution in [-0.4, -0.2) is 30.9 Å². The summed E-state index contributed by atoms with van der Waals surface area (Å²) in [6, 6.07) is 32.9. The fraction of sp³-hybridized carbons (Fsp3) is 0.400. The van der Waals surface area contributed by atoms with E-state index >= 15 is 0 Å². The van der Waals surface area contributed by atoms with E-state index in [-0.39, 0.29) is 9.49 Å². The lowest BCUT2D eigenvalue weighted by Crippen LogP contribution is -2.40. The Balaban J connectivity index is 1.83. The molecule has 0 amide bonds. The van der Waals surface area contributed by atoms with Gasteiger partial charge in [0.1, 0.15) is 0 Å². The summed E-state index contributed by atoms with van der Waals surface area (Å²) in [5.41, 5.74) is 3.95. The van der Waals surface area contributed by atoms with E-state index in [1.54, 1.807) is 0 Å². The molecule has 0 aliphatic heterocycles. The van der Waals surface area contributed by atoms with Gasteiger partial charge in [0, 0.05) is 24.4 Å². The number of benzene rings is 3. The van der Waals surface area contributed by atoms with Crippen molar-refractivity contribution >= 4 is 11.8 Å². The summed E-state index contributed by atoms with van der Waals surface area (Å²) < 4.78 is -0.267. The topological polar surface area (TPSA) is 24.1 Å². The molecule has 33 heavy (non-hydrogen) atoms. The highest BCUT2D eigenvalue weighted by molar-refractivity contribution is 8.02. The zero-order valence-electron chi connectivity index (χ0n) is 20.5. The van der Waals surface area contributed by atoms with Crippen LogP contribution in [0.5, 0.6) is 0 Å². The Bertz CT molecular complexity index is 813. The largest absolute Gasteiger partial charge is 0.315 e. The zero-order chi connectivity index (χ0) is 23.4. The summed E-state index contributed by atoms with van der Waals surface area (Å²) in [5.74, 6) is 0. The van der Waals surface area contributed by atoms with Gasteiger partial charge in [0.05, 0.1) is 4.75 Å². The van der Waals surface area contributed by atoms with Crippen molar-refractivity contribution in [1.29, 1.82) is 0 Å². The molecule has 0 unspecified atom stereocenters. The van der Waals surface area contributed by atoms with Gasteiger partial charge in [-0.15, -0.1) is 11.8 Å². The average Bonchev–Trinajstić information content (AvgIpc) is 2.86. The van der Waals surface area contributed by atoms with Crippen molar-refractivity contribution in [3.63, 3.8) is 0 Å². The van der Waals surface area contributed by atoms with Crippen LogP contribution in [0.2, 0.25) is 0 Å². The van der Waals surface area contributed by atoms with Gasteiger partial charge in [-0.2, -0.15) is 0 Å². The van der Waals surface area contributed by atoms with E-state index in [0.29, 0.717) is 0 Å². The van der Waals surface area contributed by atoms with Crippen LogP contribution in [0.4, 0.5) is 0 Å². The van der Waals surface area contributed by atoms with Crippen molar-refractivity contribution in [2.75, 3.05) is 26.2 Å². The number of hydrogen-bond acceptors (Lipinski definition) is 3. The first kappa shape index (κ1) is 25.6. The van der Waals surface area contributed by atoms with E-state index in [1.165, 1.54) is 36.0 Å². The fourth-order valence-electron chi connectivity index (χ4n) is 4.34. The van der Waals surface area contributed by atoms with Crippen LogP contribution in [0.25, 0.3) is 0 Å². The third-order valence-electron chi connectivity index (χ3n) is 5.96. The van der Waals surface area contributed by atoms with Crippen LogP contribution in [0, 0.1) is 0 Å². The lowest BCUT2D eigenvalue weighted by molar-refractivity contribution is 0.549. The van der Waals surface area contributed by atoms with Crippen molar-refractivity contribution in [3.05, 3.63) is 108 Å². The van der Waals surface area contributed by atoms with Crippen LogP contribution in [0.15, 0.2) is 91.0 Å². The lowest BCUT2D eigenvalue weighted by Gasteiger charge is -2.41. The van der Waals surface area contributed by atoms with Crippen molar-refractivity contribution < 1.29 is 0 Å². The van der Waals surface area contributed by atoms with E-state index < -0.39 is 0 Å². The number of thioether (sulfide) groups is 1. The third-order valence-corrected chi connectivity index (χ3v) is 7.67. The first-order valence-electron chi connectivity index (χ1n) is 12.4. The van der Waals surface area contributed by atoms with Gasteiger partial charge in [-0.05, 0) is 43.5 Å². The average molecular weight is 461 g/mol. The maximum absolute atomic E-state index is 3.71. The fourth-order valence-corrected chi connectivity index (χ4v) is 6.10. The highest BCUT2D eigenvalue weighted by atomic mass is 32.2. The van der Waals surface area contributed by atoms with Crippen LogP contribution < -0.4 is 10.6 Å². The molecule has 2 N–H and O–H groups in total. The van der Waals surface area contributed by atoms with Gasteiger partial charge in [0.2, 0.25) is 0 Å². The molecule has 0 bridgehead atoms. The molecular weight excluding hydrogens is 420 g/mol. The van der Waals surface area contributed by atoms with E-state index in [4.69, 9.17) is 0 Å². The number of nitrogens with one attached hydrogen (secondary N) is 2. The van der Waals surface area contributed by atoms with Crippen molar-refractivity contribution in [2.24, 2.45) is 0 Å². The van der Waals surface area contributed by atoms with E-state index in [1.807, 2.05) is 11.8 Å². The number of hydrogen-bond donors (Lipinski definition) is 2. The normalized spacial score (nSPS) is 12.1. The molecule has 2 nitrogen and oxygen atoms in total. The standard InChI is InChI=1S/C30H40N2S/c1-4-5-15-22-31-23-24-32-25-29(2,3)33-30(26-16-9-6-10-17-26,27-18-11-7-12-19-27)28-20-13-8-14-21-28/h6-14,16-21,31-32H,4-5,15,22-25H2,1-3H3. The van der Waals surface area contributed by atoms with Gasteiger partial charge in [-0.3, -0.25) is 0 Å². The minimum Gasteiger partial charge on any atom is -0.315 e. The monoisotopic (exact) mass is 460 g/mol. The molecule has 0 aromatic heterocycles. The van der Waals surface area contributed by atoms with Gasteiger partial charge in [0.15, 0.2) is 0 Å². The SMILES string of the molecule is CCCCCNCCNCC(C)(C)SC(c1ccccc1)(c1ccccc1)c1ccccc1. The molecule has 0 atom stereocenters. The summed E-state index contributed by atoms with van der Waals surface area (Å²) in [6.45, 7) is 11.1. The molecular formula is C30H40N2S. The Morgan fingerprint density at radius 2 is 1.06 bits per heavy atom. The Kier molecular flexibility index (Phi) is 10.1. The second-order valence-electron chi connectivity index (χ2n) is 9.27. The second kappa shape index (κ2) is 13.0. The van der Waals surface area contributed by atoms with Gasteiger partial charge in [-0.1, -0.05) is 111 Å². The molecule has 0 aliphatic rings. The van der Waals surface area contributed by atoms with Crippen molar-refractivity contribution in [2.45, 2.75) is 49.5 Å². The summed E-state index contributed by atoms with van der Waals surface area (Å²) in [4.78, 5) is 0. The third kappa shape index (κ3) is 7.20. The van der Waals surface area contributed by atoms with Crippen LogP contribution in [0.1, 0.15) is 56.7 Å². The predicted molar refractivity (Wildman–Crippen MR) is 146 cm³/mol. The maximum Gasteiger partial charge on any atom is 0.0912 e. The number of rotatable bonds is 14. The van der Waals surface area contributed by atoms with Crippen LogP contribution >= 0.6 is 11.8 Å². The quantitative estimate of drug-likeness (QED) is 0.203. The van der Waals surface area contributed by atoms with Crippen molar-refractivity contribution in [3.8, 4) is 0 Å². The highest BCUT2D eigenvalue weighted by Crippen LogP contribution is 2.53. The summed E-state index contributed by atoms with van der Waals surface area (Å²) >= 11 is 2.05. The Morgan fingerprint density at radius 1 is 0.606 bits per heavy atom. The molecule has 3 rings (SSSR count). The molecule has 0 heterocycles. The Morgan fingerprint density at radius 3 is 1.52 bits per heavy atom. The molecule has 176 valence electrons. The smallest absolute Gasteiger partial charge is 0.0912 e. The van der Waals surface area contributed by atoms with Gasteiger partial charge >= 0.3 is 0 Å². The van der Waals surface area contributed by atoms with Crippen LogP contribution in [0.3, 0.4) is 0 Å². The summed E-state index contributed by atoms with van der Waals surface area (Å²) in [5, 5.41) is 7.27. The zero-order valence-corrected chi connectivity index (χ0v) is 21.3. The predicted octanol–water partition coefficient (Wildman–Crippen LogP) is 6.86. The molecule has 0 saturated heterocycles. The van der Waals surface area contributed by atoms with Gasteiger partial charge < -0.3 is 10.6 Å². The molecule has 0 radical (unpaired) electrons. The molecule has 0 saturated carbocycles. The molecule has 0 fully saturated rings. The van der Waals surface area contributed by atoms with Gasteiger partial charge in [0.25, 0.3) is 0 Å². The number of unbranched alkanes of at least 4 members (excludes halogenated alkanes) is 2. The summed E-state index contributed by atoms with van der Waals surface area (Å²) in [6.07, 6.45) is 3.85. The minimum atomic E-state index is -0.284. The van der Waals surface area contributed by atoms with E-state index in [9.17, 15) is 0 Å². The molecule has 0 spiro atoms. The minimum absolute atomic E-state index is 0.0176. The first-order valence-corrected chi connectivity index (χ1v) is 13.2. The maximum atomic E-state index is 3.71. The Hall–Kier alpha value is -2.07. The molecule has 0 aliphatic carbocycles. The first-order chi connectivity index (χ1) is 16.1. The molecule has 3 heteroatoms. The summed E-state index contributed by atoms with van der Waals surface area (Å²) in [7, 11) is 0. The van der Waals surface area contributed by atoms with Crippen molar-refractivity contribution in [1.82, 2.24) is 10.6 Å². The molecule has 3 aromatic rings. The Labute approximate surface area is 205 Å². The highest BCUT2D eigenvalue weighted by Gasteiger charge is 2.41. The van der Waals surface area contributed by atoms with Crippen LogP contribution in [-0.2, 0) is 4.75 Å². The molecule has 3 aromatic carbocycles. The van der Waals surface area contributed by atoms with E-state index in [2.05, 4.69) is 122 Å². The second-order valence-corrected chi connectivity index (χ2v) is 11.2.